The van der Waals surface area contributed by atoms with Crippen LogP contribution in [0.15, 0.2) is 18.2 Å². The van der Waals surface area contributed by atoms with Crippen molar-refractivity contribution in [1.29, 1.82) is 0 Å². The number of rotatable bonds is 4. The second-order valence-electron chi connectivity index (χ2n) is 5.14. The van der Waals surface area contributed by atoms with Crippen molar-refractivity contribution >= 4 is 0 Å². The first-order chi connectivity index (χ1) is 7.64. The summed E-state index contributed by atoms with van der Waals surface area (Å²) >= 11 is 0. The number of hydrogen-bond donors (Lipinski definition) is 1. The molecular formula is C15H23N. The van der Waals surface area contributed by atoms with Gasteiger partial charge in [0.1, 0.15) is 0 Å². The number of nitrogens with two attached hydrogens (primary N) is 1. The quantitative estimate of drug-likeness (QED) is 0.823. The van der Waals surface area contributed by atoms with E-state index in [-0.39, 0.29) is 6.04 Å². The molecule has 1 nitrogen and oxygen atoms in total. The molecule has 2 N–H and O–H groups in total. The lowest BCUT2D eigenvalue weighted by Gasteiger charge is -2.24. The molecule has 0 heterocycles. The second-order valence-corrected chi connectivity index (χ2v) is 5.14. The molecule has 0 aromatic heterocycles. The van der Waals surface area contributed by atoms with Gasteiger partial charge in [0, 0.05) is 11.5 Å². The van der Waals surface area contributed by atoms with E-state index in [1.807, 2.05) is 0 Å². The molecule has 2 rings (SSSR count). The highest BCUT2D eigenvalue weighted by Crippen LogP contribution is 2.51. The Morgan fingerprint density at radius 1 is 1.25 bits per heavy atom. The highest BCUT2D eigenvalue weighted by atomic mass is 14.7. The smallest absolute Gasteiger partial charge is 0.0108 e. The van der Waals surface area contributed by atoms with Crippen LogP contribution in [0.4, 0.5) is 0 Å². The summed E-state index contributed by atoms with van der Waals surface area (Å²) in [5.41, 5.74) is 10.9. The molecule has 1 aromatic carbocycles. The zero-order valence-electron chi connectivity index (χ0n) is 10.7. The van der Waals surface area contributed by atoms with Gasteiger partial charge in [-0.1, -0.05) is 32.0 Å². The Hall–Kier alpha value is -0.820. The monoisotopic (exact) mass is 217 g/mol. The zero-order valence-corrected chi connectivity index (χ0v) is 10.7. The van der Waals surface area contributed by atoms with Crippen LogP contribution >= 0.6 is 0 Å². The molecule has 1 aliphatic carbocycles. The van der Waals surface area contributed by atoms with E-state index in [4.69, 9.17) is 5.73 Å². The summed E-state index contributed by atoms with van der Waals surface area (Å²) in [4.78, 5) is 0. The summed E-state index contributed by atoms with van der Waals surface area (Å²) in [6.07, 6.45) is 4.77. The maximum absolute atomic E-state index is 6.18. The van der Waals surface area contributed by atoms with E-state index in [2.05, 4.69) is 39.0 Å². The Balaban J connectivity index is 2.45. The maximum atomic E-state index is 6.18. The molecule has 0 spiro atoms. The summed E-state index contributed by atoms with van der Waals surface area (Å²) in [7, 11) is 0. The van der Waals surface area contributed by atoms with Gasteiger partial charge in [-0.25, -0.2) is 0 Å². The maximum Gasteiger partial charge on any atom is 0.0108 e. The molecule has 0 radical (unpaired) electrons. The number of hydrogen-bond acceptors (Lipinski definition) is 1. The van der Waals surface area contributed by atoms with Crippen LogP contribution in [0.2, 0.25) is 0 Å². The Morgan fingerprint density at radius 2 is 1.94 bits per heavy atom. The lowest BCUT2D eigenvalue weighted by atomic mass is 9.84. The second kappa shape index (κ2) is 4.21. The van der Waals surface area contributed by atoms with Crippen LogP contribution in [0, 0.1) is 0 Å². The van der Waals surface area contributed by atoms with Crippen LogP contribution in [-0.4, -0.2) is 6.04 Å². The van der Waals surface area contributed by atoms with Gasteiger partial charge in [0.05, 0.1) is 0 Å². The topological polar surface area (TPSA) is 26.0 Å². The van der Waals surface area contributed by atoms with E-state index in [0.717, 1.165) is 12.8 Å². The predicted molar refractivity (Wildman–Crippen MR) is 69.8 cm³/mol. The SMILES string of the molecule is CCc1ccc(CC)c(C2(C(C)N)CC2)c1. The van der Waals surface area contributed by atoms with Crippen molar-refractivity contribution in [1.82, 2.24) is 0 Å². The fraction of sp³-hybridized carbons (Fsp3) is 0.600. The largest absolute Gasteiger partial charge is 0.327 e. The van der Waals surface area contributed by atoms with Crippen molar-refractivity contribution in [3.63, 3.8) is 0 Å². The summed E-state index contributed by atoms with van der Waals surface area (Å²) in [6.45, 7) is 6.61. The molecule has 0 bridgehead atoms. The first-order valence-corrected chi connectivity index (χ1v) is 6.52. The molecule has 16 heavy (non-hydrogen) atoms. The summed E-state index contributed by atoms with van der Waals surface area (Å²) in [5.74, 6) is 0. The van der Waals surface area contributed by atoms with E-state index in [1.54, 1.807) is 0 Å². The molecule has 1 aliphatic rings. The molecule has 1 heteroatoms. The van der Waals surface area contributed by atoms with Gasteiger partial charge in [0.25, 0.3) is 0 Å². The molecule has 1 fully saturated rings. The van der Waals surface area contributed by atoms with E-state index >= 15 is 0 Å². The minimum atomic E-state index is 0.282. The highest BCUT2D eigenvalue weighted by molar-refractivity contribution is 5.43. The Morgan fingerprint density at radius 3 is 2.38 bits per heavy atom. The van der Waals surface area contributed by atoms with Crippen molar-refractivity contribution in [2.75, 3.05) is 0 Å². The van der Waals surface area contributed by atoms with Gasteiger partial charge in [-0.2, -0.15) is 0 Å². The van der Waals surface area contributed by atoms with Crippen LogP contribution in [0.25, 0.3) is 0 Å². The van der Waals surface area contributed by atoms with Crippen molar-refractivity contribution in [3.8, 4) is 0 Å². The van der Waals surface area contributed by atoms with Crippen molar-refractivity contribution in [2.24, 2.45) is 5.73 Å². The Labute approximate surface area is 99.0 Å². The molecule has 88 valence electrons. The summed E-state index contributed by atoms with van der Waals surface area (Å²) in [5, 5.41) is 0. The van der Waals surface area contributed by atoms with Crippen molar-refractivity contribution in [3.05, 3.63) is 34.9 Å². The lowest BCUT2D eigenvalue weighted by molar-refractivity contribution is 0.551. The molecule has 1 unspecified atom stereocenters. The van der Waals surface area contributed by atoms with E-state index in [0.29, 0.717) is 5.41 Å². The molecule has 1 aromatic rings. The molecule has 0 aliphatic heterocycles. The van der Waals surface area contributed by atoms with E-state index < -0.39 is 0 Å². The van der Waals surface area contributed by atoms with Crippen LogP contribution < -0.4 is 5.73 Å². The first-order valence-electron chi connectivity index (χ1n) is 6.52. The molecule has 0 saturated heterocycles. The highest BCUT2D eigenvalue weighted by Gasteiger charge is 2.48. The van der Waals surface area contributed by atoms with E-state index in [9.17, 15) is 0 Å². The van der Waals surface area contributed by atoms with Crippen LogP contribution in [0.1, 0.15) is 50.3 Å². The van der Waals surface area contributed by atoms with Crippen LogP contribution in [-0.2, 0) is 18.3 Å². The van der Waals surface area contributed by atoms with Gasteiger partial charge >= 0.3 is 0 Å². The van der Waals surface area contributed by atoms with Gasteiger partial charge in [-0.15, -0.1) is 0 Å². The van der Waals surface area contributed by atoms with Gasteiger partial charge in [0.2, 0.25) is 0 Å². The third-order valence-electron chi connectivity index (χ3n) is 4.16. The van der Waals surface area contributed by atoms with Gasteiger partial charge in [-0.05, 0) is 49.3 Å². The first kappa shape index (κ1) is 11.7. The third-order valence-corrected chi connectivity index (χ3v) is 4.16. The average molecular weight is 217 g/mol. The zero-order chi connectivity index (χ0) is 11.8. The molecular weight excluding hydrogens is 194 g/mol. The van der Waals surface area contributed by atoms with Gasteiger partial charge < -0.3 is 5.73 Å². The normalized spacial score (nSPS) is 19.5. The van der Waals surface area contributed by atoms with Crippen molar-refractivity contribution in [2.45, 2.75) is 57.9 Å². The average Bonchev–Trinajstić information content (AvgIpc) is 3.09. The van der Waals surface area contributed by atoms with Gasteiger partial charge in [-0.3, -0.25) is 0 Å². The Kier molecular flexibility index (Phi) is 3.07. The lowest BCUT2D eigenvalue weighted by Crippen LogP contribution is -2.32. The van der Waals surface area contributed by atoms with Gasteiger partial charge in [0.15, 0.2) is 0 Å². The Bertz CT molecular complexity index is 375. The molecule has 1 atom stereocenters. The summed E-state index contributed by atoms with van der Waals surface area (Å²) in [6, 6.07) is 7.25. The van der Waals surface area contributed by atoms with Crippen molar-refractivity contribution < 1.29 is 0 Å². The molecule has 1 saturated carbocycles. The fourth-order valence-corrected chi connectivity index (χ4v) is 2.72. The number of benzene rings is 1. The van der Waals surface area contributed by atoms with E-state index in [1.165, 1.54) is 29.5 Å². The standard InChI is InChI=1S/C15H23N/c1-4-12-6-7-13(5-2)14(10-12)15(8-9-15)11(3)16/h6-7,10-11H,4-5,8-9,16H2,1-3H3. The fourth-order valence-electron chi connectivity index (χ4n) is 2.72. The minimum Gasteiger partial charge on any atom is -0.327 e. The minimum absolute atomic E-state index is 0.282. The predicted octanol–water partition coefficient (Wildman–Crippen LogP) is 3.19. The number of aryl methyl sites for hydroxylation is 2. The molecule has 0 amide bonds. The third kappa shape index (κ3) is 1.78. The van der Waals surface area contributed by atoms with Crippen LogP contribution in [0.5, 0.6) is 0 Å². The summed E-state index contributed by atoms with van der Waals surface area (Å²) < 4.78 is 0. The van der Waals surface area contributed by atoms with Crippen LogP contribution in [0.3, 0.4) is 0 Å².